The zero-order chi connectivity index (χ0) is 15.1. The third-order valence-corrected chi connectivity index (χ3v) is 3.36. The lowest BCUT2D eigenvalue weighted by Gasteiger charge is -2.09. The highest BCUT2D eigenvalue weighted by Crippen LogP contribution is 2.27. The number of hydrogen-bond donors (Lipinski definition) is 1. The molecule has 5 nitrogen and oxygen atoms in total. The summed E-state index contributed by atoms with van der Waals surface area (Å²) in [4.78, 5) is 11.7. The van der Waals surface area contributed by atoms with Crippen LogP contribution in [0.1, 0.15) is 18.4 Å². The summed E-state index contributed by atoms with van der Waals surface area (Å²) in [6.07, 6.45) is 5.49. The molecule has 1 atom stereocenters. The van der Waals surface area contributed by atoms with E-state index >= 15 is 0 Å². The molecule has 1 aromatic carbocycles. The Labute approximate surface area is 124 Å². The van der Waals surface area contributed by atoms with Crippen molar-refractivity contribution in [3.8, 4) is 11.5 Å². The van der Waals surface area contributed by atoms with Crippen molar-refractivity contribution in [1.29, 1.82) is 0 Å². The van der Waals surface area contributed by atoms with Crippen LogP contribution < -0.4 is 14.8 Å². The van der Waals surface area contributed by atoms with E-state index in [1.165, 1.54) is 6.08 Å². The number of methoxy groups -OCH3 is 2. The molecule has 114 valence electrons. The minimum Gasteiger partial charge on any atom is -0.493 e. The second-order valence-corrected chi connectivity index (χ2v) is 4.83. The average molecular weight is 291 g/mol. The van der Waals surface area contributed by atoms with Crippen molar-refractivity contribution in [2.24, 2.45) is 0 Å². The van der Waals surface area contributed by atoms with E-state index < -0.39 is 0 Å². The predicted octanol–water partition coefficient (Wildman–Crippen LogP) is 2.01. The quantitative estimate of drug-likeness (QED) is 0.815. The number of rotatable bonds is 6. The molecule has 0 aromatic heterocycles. The Morgan fingerprint density at radius 2 is 2.19 bits per heavy atom. The van der Waals surface area contributed by atoms with Crippen molar-refractivity contribution in [2.75, 3.05) is 27.4 Å². The van der Waals surface area contributed by atoms with Crippen LogP contribution in [0.5, 0.6) is 11.5 Å². The van der Waals surface area contributed by atoms with E-state index in [9.17, 15) is 4.79 Å². The lowest BCUT2D eigenvalue weighted by molar-refractivity contribution is -0.116. The molecule has 2 rings (SSSR count). The maximum atomic E-state index is 11.7. The normalized spacial score (nSPS) is 17.9. The summed E-state index contributed by atoms with van der Waals surface area (Å²) < 4.78 is 15.8. The van der Waals surface area contributed by atoms with Gasteiger partial charge in [-0.2, -0.15) is 0 Å². The van der Waals surface area contributed by atoms with Crippen LogP contribution >= 0.6 is 0 Å². The van der Waals surface area contributed by atoms with E-state index in [0.717, 1.165) is 25.0 Å². The monoisotopic (exact) mass is 291 g/mol. The van der Waals surface area contributed by atoms with Gasteiger partial charge in [-0.05, 0) is 36.6 Å². The Kier molecular flexibility index (Phi) is 5.63. The van der Waals surface area contributed by atoms with Crippen LogP contribution in [0.25, 0.3) is 6.08 Å². The first-order valence-corrected chi connectivity index (χ1v) is 7.02. The first-order chi connectivity index (χ1) is 10.2. The van der Waals surface area contributed by atoms with Gasteiger partial charge in [-0.25, -0.2) is 0 Å². The minimum atomic E-state index is -0.125. The number of nitrogens with one attached hydrogen (secondary N) is 1. The van der Waals surface area contributed by atoms with E-state index in [4.69, 9.17) is 14.2 Å². The fourth-order valence-electron chi connectivity index (χ4n) is 2.21. The van der Waals surface area contributed by atoms with E-state index in [-0.39, 0.29) is 12.0 Å². The van der Waals surface area contributed by atoms with Gasteiger partial charge in [0.25, 0.3) is 0 Å². The van der Waals surface area contributed by atoms with Crippen LogP contribution in [0.15, 0.2) is 24.3 Å². The Morgan fingerprint density at radius 1 is 1.38 bits per heavy atom. The highest BCUT2D eigenvalue weighted by Gasteiger charge is 2.15. The molecule has 1 N–H and O–H groups in total. The molecule has 0 radical (unpaired) electrons. The lowest BCUT2D eigenvalue weighted by Crippen LogP contribution is -2.30. The van der Waals surface area contributed by atoms with Gasteiger partial charge in [0, 0.05) is 19.2 Å². The number of amides is 1. The van der Waals surface area contributed by atoms with Gasteiger partial charge in [-0.1, -0.05) is 6.07 Å². The van der Waals surface area contributed by atoms with Crippen LogP contribution in [-0.4, -0.2) is 39.4 Å². The molecule has 1 unspecified atom stereocenters. The molecule has 1 fully saturated rings. The fourth-order valence-corrected chi connectivity index (χ4v) is 2.21. The standard InChI is InChI=1S/C16H21NO4/c1-19-14-7-5-12(10-15(14)20-2)6-8-16(18)17-11-13-4-3-9-21-13/h5-8,10,13H,3-4,9,11H2,1-2H3,(H,17,18)/b8-6+. The number of ether oxygens (including phenoxy) is 3. The molecular weight excluding hydrogens is 270 g/mol. The number of carbonyl (C=O) groups is 1. The van der Waals surface area contributed by atoms with Gasteiger partial charge in [0.15, 0.2) is 11.5 Å². The minimum absolute atomic E-state index is 0.125. The number of hydrogen-bond acceptors (Lipinski definition) is 4. The lowest BCUT2D eigenvalue weighted by atomic mass is 10.2. The first-order valence-electron chi connectivity index (χ1n) is 7.02. The summed E-state index contributed by atoms with van der Waals surface area (Å²) in [7, 11) is 3.17. The molecule has 5 heteroatoms. The second-order valence-electron chi connectivity index (χ2n) is 4.83. The Bertz CT molecular complexity index is 507. The molecule has 1 aliphatic rings. The van der Waals surface area contributed by atoms with Crippen LogP contribution in [0.3, 0.4) is 0 Å². The molecule has 21 heavy (non-hydrogen) atoms. The summed E-state index contributed by atoms with van der Waals surface area (Å²) >= 11 is 0. The summed E-state index contributed by atoms with van der Waals surface area (Å²) in [5, 5.41) is 2.84. The predicted molar refractivity (Wildman–Crippen MR) is 80.6 cm³/mol. The maximum absolute atomic E-state index is 11.7. The van der Waals surface area contributed by atoms with Crippen LogP contribution in [0.2, 0.25) is 0 Å². The van der Waals surface area contributed by atoms with Gasteiger partial charge in [-0.15, -0.1) is 0 Å². The van der Waals surface area contributed by atoms with Gasteiger partial charge in [0.05, 0.1) is 20.3 Å². The fraction of sp³-hybridized carbons (Fsp3) is 0.438. The topological polar surface area (TPSA) is 56.8 Å². The molecule has 1 saturated heterocycles. The molecule has 1 amide bonds. The van der Waals surface area contributed by atoms with Gasteiger partial charge >= 0.3 is 0 Å². The maximum Gasteiger partial charge on any atom is 0.244 e. The number of benzene rings is 1. The number of carbonyl (C=O) groups excluding carboxylic acids is 1. The second kappa shape index (κ2) is 7.69. The van der Waals surface area contributed by atoms with Crippen LogP contribution in [0.4, 0.5) is 0 Å². The van der Waals surface area contributed by atoms with Gasteiger partial charge in [-0.3, -0.25) is 4.79 Å². The van der Waals surface area contributed by atoms with Crippen molar-refractivity contribution in [3.63, 3.8) is 0 Å². The van der Waals surface area contributed by atoms with Crippen molar-refractivity contribution in [1.82, 2.24) is 5.32 Å². The zero-order valence-electron chi connectivity index (χ0n) is 12.4. The Morgan fingerprint density at radius 3 is 2.86 bits per heavy atom. The molecule has 0 aliphatic carbocycles. The molecule has 0 spiro atoms. The molecule has 0 saturated carbocycles. The van der Waals surface area contributed by atoms with Crippen molar-refractivity contribution in [3.05, 3.63) is 29.8 Å². The van der Waals surface area contributed by atoms with E-state index in [1.807, 2.05) is 18.2 Å². The van der Waals surface area contributed by atoms with E-state index in [1.54, 1.807) is 20.3 Å². The first kappa shape index (κ1) is 15.4. The van der Waals surface area contributed by atoms with E-state index in [0.29, 0.717) is 18.0 Å². The molecule has 1 heterocycles. The highest BCUT2D eigenvalue weighted by atomic mass is 16.5. The van der Waals surface area contributed by atoms with Crippen molar-refractivity contribution < 1.29 is 19.0 Å². The van der Waals surface area contributed by atoms with Crippen molar-refractivity contribution >= 4 is 12.0 Å². The molecule has 1 aliphatic heterocycles. The summed E-state index contributed by atoms with van der Waals surface area (Å²) in [5.74, 6) is 1.18. The third-order valence-electron chi connectivity index (χ3n) is 3.36. The smallest absolute Gasteiger partial charge is 0.244 e. The Balaban J connectivity index is 1.88. The van der Waals surface area contributed by atoms with Crippen LogP contribution in [0, 0.1) is 0 Å². The SMILES string of the molecule is COc1ccc(/C=C/C(=O)NCC2CCCO2)cc1OC. The molecular formula is C16H21NO4. The van der Waals surface area contributed by atoms with Crippen LogP contribution in [-0.2, 0) is 9.53 Å². The van der Waals surface area contributed by atoms with Crippen molar-refractivity contribution in [2.45, 2.75) is 18.9 Å². The average Bonchev–Trinajstić information content (AvgIpc) is 3.04. The molecule has 1 aromatic rings. The molecule has 0 bridgehead atoms. The van der Waals surface area contributed by atoms with E-state index in [2.05, 4.69) is 5.32 Å². The van der Waals surface area contributed by atoms with Gasteiger partial charge in [0.2, 0.25) is 5.91 Å². The Hall–Kier alpha value is -2.01. The summed E-state index contributed by atoms with van der Waals surface area (Å²) in [6, 6.07) is 5.50. The summed E-state index contributed by atoms with van der Waals surface area (Å²) in [6.45, 7) is 1.36. The van der Waals surface area contributed by atoms with Gasteiger partial charge < -0.3 is 19.5 Å². The summed E-state index contributed by atoms with van der Waals surface area (Å²) in [5.41, 5.74) is 0.875. The highest BCUT2D eigenvalue weighted by molar-refractivity contribution is 5.91. The zero-order valence-corrected chi connectivity index (χ0v) is 12.4. The van der Waals surface area contributed by atoms with Gasteiger partial charge in [0.1, 0.15) is 0 Å². The largest absolute Gasteiger partial charge is 0.493 e. The third kappa shape index (κ3) is 4.49.